The normalized spacial score (nSPS) is 16.6. The minimum atomic E-state index is -0.536. The second kappa shape index (κ2) is 12.2. The number of carbonyl (C=O) groups is 2. The van der Waals surface area contributed by atoms with Gasteiger partial charge < -0.3 is 15.1 Å². The van der Waals surface area contributed by atoms with Crippen LogP contribution in [0.3, 0.4) is 0 Å². The zero-order valence-corrected chi connectivity index (χ0v) is 21.6. The maximum Gasteiger partial charge on any atom is 0.252 e. The van der Waals surface area contributed by atoms with Crippen LogP contribution in [0, 0.1) is 0 Å². The molecule has 5 rings (SSSR count). The summed E-state index contributed by atoms with van der Waals surface area (Å²) < 4.78 is 0. The third-order valence-electron chi connectivity index (χ3n) is 7.72. The molecule has 0 bridgehead atoms. The van der Waals surface area contributed by atoms with Crippen LogP contribution in [-0.4, -0.2) is 53.8 Å². The Hall–Kier alpha value is -3.44. The van der Waals surface area contributed by atoms with E-state index in [1.54, 1.807) is 0 Å². The lowest BCUT2D eigenvalue weighted by atomic mass is 9.97. The van der Waals surface area contributed by atoms with Gasteiger partial charge in [0, 0.05) is 18.7 Å². The van der Waals surface area contributed by atoms with Crippen LogP contribution in [0.4, 0.5) is 0 Å². The van der Waals surface area contributed by atoms with Crippen molar-refractivity contribution in [2.24, 2.45) is 0 Å². The van der Waals surface area contributed by atoms with Gasteiger partial charge in [-0.05, 0) is 80.1 Å². The van der Waals surface area contributed by atoms with E-state index in [9.17, 15) is 9.59 Å². The molecule has 2 heterocycles. The molecule has 2 amide bonds. The van der Waals surface area contributed by atoms with Gasteiger partial charge in [0.2, 0.25) is 5.91 Å². The van der Waals surface area contributed by atoms with Crippen molar-refractivity contribution in [3.8, 4) is 11.1 Å². The molecule has 1 atom stereocenters. The standard InChI is InChI=1S/C32H37N3O2/c36-31(29-17-8-7-16-28(29)26-13-3-1-4-14-26)33-30(18-11-22-34-20-9-2-10-21-34)32(37)35-23-19-25-12-5-6-15-27(25)24-35/h1,3-8,12-17,30H,2,9-11,18-24H2,(H,33,36)/t30-/m0/s1. The van der Waals surface area contributed by atoms with Gasteiger partial charge in [-0.25, -0.2) is 0 Å². The van der Waals surface area contributed by atoms with Crippen molar-refractivity contribution < 1.29 is 9.59 Å². The topological polar surface area (TPSA) is 52.7 Å². The minimum Gasteiger partial charge on any atom is -0.340 e. The molecule has 0 aromatic heterocycles. The lowest BCUT2D eigenvalue weighted by Gasteiger charge is -2.33. The van der Waals surface area contributed by atoms with Gasteiger partial charge in [-0.3, -0.25) is 9.59 Å². The molecule has 0 radical (unpaired) electrons. The molecule has 0 saturated carbocycles. The van der Waals surface area contributed by atoms with E-state index in [2.05, 4.69) is 28.4 Å². The second-order valence-corrected chi connectivity index (χ2v) is 10.3. The molecule has 0 spiro atoms. The first-order chi connectivity index (χ1) is 18.2. The molecule has 3 aromatic rings. The van der Waals surface area contributed by atoms with E-state index in [1.165, 1.54) is 30.4 Å². The Morgan fingerprint density at radius 2 is 1.49 bits per heavy atom. The summed E-state index contributed by atoms with van der Waals surface area (Å²) in [4.78, 5) is 31.8. The van der Waals surface area contributed by atoms with Gasteiger partial charge in [0.1, 0.15) is 6.04 Å². The molecular weight excluding hydrogens is 458 g/mol. The predicted octanol–water partition coefficient (Wildman–Crippen LogP) is 5.30. The Morgan fingerprint density at radius 3 is 2.30 bits per heavy atom. The Bertz CT molecular complexity index is 1200. The molecule has 3 aromatic carbocycles. The van der Waals surface area contributed by atoms with Crippen molar-refractivity contribution in [3.63, 3.8) is 0 Å². The van der Waals surface area contributed by atoms with E-state index < -0.39 is 6.04 Å². The molecule has 1 fully saturated rings. The largest absolute Gasteiger partial charge is 0.340 e. The highest BCUT2D eigenvalue weighted by Crippen LogP contribution is 2.24. The fourth-order valence-corrected chi connectivity index (χ4v) is 5.65. The second-order valence-electron chi connectivity index (χ2n) is 10.3. The number of benzene rings is 3. The average Bonchev–Trinajstić information content (AvgIpc) is 2.97. The highest BCUT2D eigenvalue weighted by Gasteiger charge is 2.29. The van der Waals surface area contributed by atoms with Gasteiger partial charge in [-0.15, -0.1) is 0 Å². The Balaban J connectivity index is 1.32. The van der Waals surface area contributed by atoms with Crippen LogP contribution in [0.1, 0.15) is 53.6 Å². The molecule has 5 heteroatoms. The average molecular weight is 496 g/mol. The fraction of sp³-hybridized carbons (Fsp3) is 0.375. The molecule has 1 N–H and O–H groups in total. The maximum atomic E-state index is 13.8. The number of rotatable bonds is 8. The third kappa shape index (κ3) is 6.28. The number of carbonyl (C=O) groups excluding carboxylic acids is 2. The van der Waals surface area contributed by atoms with E-state index in [1.807, 2.05) is 65.6 Å². The number of piperidine rings is 1. The van der Waals surface area contributed by atoms with E-state index in [4.69, 9.17) is 0 Å². The number of hydrogen-bond donors (Lipinski definition) is 1. The quantitative estimate of drug-likeness (QED) is 0.461. The maximum absolute atomic E-state index is 13.8. The molecule has 2 aliphatic heterocycles. The van der Waals surface area contributed by atoms with Crippen LogP contribution in [-0.2, 0) is 17.8 Å². The number of amides is 2. The minimum absolute atomic E-state index is 0.0266. The van der Waals surface area contributed by atoms with Crippen molar-refractivity contribution in [2.75, 3.05) is 26.2 Å². The van der Waals surface area contributed by atoms with Crippen LogP contribution in [0.5, 0.6) is 0 Å². The summed E-state index contributed by atoms with van der Waals surface area (Å²) in [6.45, 7) is 4.54. The number of likely N-dealkylation sites (tertiary alicyclic amines) is 1. The smallest absolute Gasteiger partial charge is 0.252 e. The van der Waals surface area contributed by atoms with Gasteiger partial charge in [0.05, 0.1) is 0 Å². The van der Waals surface area contributed by atoms with Crippen molar-refractivity contribution in [2.45, 2.75) is 51.1 Å². The Morgan fingerprint density at radius 1 is 0.784 bits per heavy atom. The van der Waals surface area contributed by atoms with E-state index in [-0.39, 0.29) is 11.8 Å². The molecule has 37 heavy (non-hydrogen) atoms. The van der Waals surface area contributed by atoms with Crippen LogP contribution < -0.4 is 5.32 Å². The van der Waals surface area contributed by atoms with Crippen LogP contribution >= 0.6 is 0 Å². The first-order valence-electron chi connectivity index (χ1n) is 13.7. The zero-order chi connectivity index (χ0) is 25.5. The van der Waals surface area contributed by atoms with Gasteiger partial charge in [0.15, 0.2) is 0 Å². The van der Waals surface area contributed by atoms with Gasteiger partial charge >= 0.3 is 0 Å². The number of nitrogens with one attached hydrogen (secondary N) is 1. The van der Waals surface area contributed by atoms with E-state index >= 15 is 0 Å². The fourth-order valence-electron chi connectivity index (χ4n) is 5.65. The number of hydrogen-bond acceptors (Lipinski definition) is 3. The summed E-state index contributed by atoms with van der Waals surface area (Å²) in [5.41, 5.74) is 5.00. The zero-order valence-electron chi connectivity index (χ0n) is 21.6. The highest BCUT2D eigenvalue weighted by atomic mass is 16.2. The summed E-state index contributed by atoms with van der Waals surface area (Å²) in [6.07, 6.45) is 6.21. The molecule has 5 nitrogen and oxygen atoms in total. The SMILES string of the molecule is O=C(N[C@@H](CCCN1CCCCC1)C(=O)N1CCc2ccccc2C1)c1ccccc1-c1ccccc1. The van der Waals surface area contributed by atoms with Crippen molar-refractivity contribution in [1.82, 2.24) is 15.1 Å². The molecule has 0 unspecified atom stereocenters. The highest BCUT2D eigenvalue weighted by molar-refractivity contribution is 6.02. The van der Waals surface area contributed by atoms with Gasteiger partial charge in [-0.1, -0.05) is 79.2 Å². The molecule has 1 saturated heterocycles. The van der Waals surface area contributed by atoms with Crippen molar-refractivity contribution in [1.29, 1.82) is 0 Å². The van der Waals surface area contributed by atoms with Gasteiger partial charge in [0.25, 0.3) is 5.91 Å². The van der Waals surface area contributed by atoms with Crippen molar-refractivity contribution >= 4 is 11.8 Å². The van der Waals surface area contributed by atoms with Crippen LogP contribution in [0.15, 0.2) is 78.9 Å². The lowest BCUT2D eigenvalue weighted by molar-refractivity contribution is -0.134. The van der Waals surface area contributed by atoms with E-state index in [0.29, 0.717) is 25.1 Å². The monoisotopic (exact) mass is 495 g/mol. The first kappa shape index (κ1) is 25.2. The predicted molar refractivity (Wildman–Crippen MR) is 148 cm³/mol. The summed E-state index contributed by atoms with van der Waals surface area (Å²) >= 11 is 0. The van der Waals surface area contributed by atoms with Crippen LogP contribution in [0.25, 0.3) is 11.1 Å². The number of fused-ring (bicyclic) bond motifs is 1. The first-order valence-corrected chi connectivity index (χ1v) is 13.7. The summed E-state index contributed by atoms with van der Waals surface area (Å²) in [7, 11) is 0. The third-order valence-corrected chi connectivity index (χ3v) is 7.72. The molecule has 2 aliphatic rings. The summed E-state index contributed by atoms with van der Waals surface area (Å²) in [6, 6.07) is 25.4. The lowest BCUT2D eigenvalue weighted by Crippen LogP contribution is -2.50. The van der Waals surface area contributed by atoms with Crippen molar-refractivity contribution in [3.05, 3.63) is 95.6 Å². The Labute approximate surface area is 220 Å². The summed E-state index contributed by atoms with van der Waals surface area (Å²) in [5, 5.41) is 3.15. The van der Waals surface area contributed by atoms with Gasteiger partial charge in [-0.2, -0.15) is 0 Å². The molecule has 192 valence electrons. The van der Waals surface area contributed by atoms with Crippen LogP contribution in [0.2, 0.25) is 0 Å². The molecular formula is C32H37N3O2. The summed E-state index contributed by atoms with van der Waals surface area (Å²) in [5.74, 6) is -0.160. The molecule has 0 aliphatic carbocycles. The number of nitrogens with zero attached hydrogens (tertiary/aromatic N) is 2. The Kier molecular flexibility index (Phi) is 8.32. The van der Waals surface area contributed by atoms with E-state index in [0.717, 1.165) is 43.6 Å².